The molecule has 5 nitrogen and oxygen atoms in total. The Labute approximate surface area is 225 Å². The molecule has 0 heterocycles. The summed E-state index contributed by atoms with van der Waals surface area (Å²) in [6.07, 6.45) is 2.54. The van der Waals surface area contributed by atoms with Crippen LogP contribution >= 0.6 is 45.2 Å². The standard InChI is InChI=1S/C26H34I2N2O3/c1-8-33-24-20(27)13-17(14-21(24)28)15-29-30-22(31)10-9-16-11-18(25(2,3)4)23(32)19(12-16)26(5,6)7/h11-15,32H,8-10H2,1-7H3,(H,30,31)/b29-15-. The van der Waals surface area contributed by atoms with Crippen LogP contribution in [-0.2, 0) is 22.0 Å². The molecule has 2 aromatic rings. The molecule has 0 aromatic heterocycles. The second-order valence-electron chi connectivity index (χ2n) is 10.1. The highest BCUT2D eigenvalue weighted by atomic mass is 127. The molecule has 2 aromatic carbocycles. The third kappa shape index (κ3) is 7.83. The van der Waals surface area contributed by atoms with Crippen LogP contribution in [0.25, 0.3) is 0 Å². The monoisotopic (exact) mass is 676 g/mol. The predicted octanol–water partition coefficient (Wildman–Crippen LogP) is 6.68. The summed E-state index contributed by atoms with van der Waals surface area (Å²) in [6, 6.07) is 7.99. The van der Waals surface area contributed by atoms with Crippen molar-refractivity contribution in [2.24, 2.45) is 5.10 Å². The average Bonchev–Trinajstić information content (AvgIpc) is 2.68. The molecule has 0 aliphatic rings. The summed E-state index contributed by atoms with van der Waals surface area (Å²) in [5.41, 5.74) is 5.99. The van der Waals surface area contributed by atoms with Crippen LogP contribution in [0.4, 0.5) is 0 Å². The van der Waals surface area contributed by atoms with Gasteiger partial charge in [-0.25, -0.2) is 5.43 Å². The molecular formula is C26H34I2N2O3. The summed E-state index contributed by atoms with van der Waals surface area (Å²) in [6.45, 7) is 15.1. The molecule has 0 spiro atoms. The Morgan fingerprint density at radius 3 is 2.00 bits per heavy atom. The van der Waals surface area contributed by atoms with Gasteiger partial charge in [0.1, 0.15) is 11.5 Å². The van der Waals surface area contributed by atoms with E-state index in [-0.39, 0.29) is 16.7 Å². The van der Waals surface area contributed by atoms with Gasteiger partial charge in [-0.1, -0.05) is 53.7 Å². The molecule has 33 heavy (non-hydrogen) atoms. The van der Waals surface area contributed by atoms with E-state index >= 15 is 0 Å². The van der Waals surface area contributed by atoms with E-state index in [4.69, 9.17) is 4.74 Å². The first kappa shape index (κ1) is 27.9. The first-order chi connectivity index (χ1) is 15.2. The molecule has 0 saturated heterocycles. The van der Waals surface area contributed by atoms with Gasteiger partial charge in [-0.3, -0.25) is 4.79 Å². The number of carbonyl (C=O) groups is 1. The van der Waals surface area contributed by atoms with Crippen molar-refractivity contribution in [2.75, 3.05) is 6.61 Å². The third-order valence-corrected chi connectivity index (χ3v) is 6.74. The number of hydrogen-bond donors (Lipinski definition) is 2. The molecule has 0 aliphatic carbocycles. The van der Waals surface area contributed by atoms with E-state index in [1.165, 1.54) is 0 Å². The highest BCUT2D eigenvalue weighted by molar-refractivity contribution is 14.1. The molecule has 0 unspecified atom stereocenters. The van der Waals surface area contributed by atoms with Crippen LogP contribution in [0.15, 0.2) is 29.4 Å². The van der Waals surface area contributed by atoms with Crippen LogP contribution in [0.2, 0.25) is 0 Å². The number of benzene rings is 2. The Hall–Kier alpha value is -1.36. The predicted molar refractivity (Wildman–Crippen MR) is 153 cm³/mol. The maximum absolute atomic E-state index is 12.4. The van der Waals surface area contributed by atoms with Gasteiger partial charge in [0, 0.05) is 6.42 Å². The minimum atomic E-state index is -0.195. The van der Waals surface area contributed by atoms with Gasteiger partial charge >= 0.3 is 0 Å². The zero-order chi connectivity index (χ0) is 25.0. The van der Waals surface area contributed by atoms with Crippen LogP contribution in [0.5, 0.6) is 11.5 Å². The second-order valence-corrected chi connectivity index (χ2v) is 12.4. The summed E-state index contributed by atoms with van der Waals surface area (Å²) in [4.78, 5) is 12.4. The Balaban J connectivity index is 2.09. The summed E-state index contributed by atoms with van der Waals surface area (Å²) >= 11 is 4.48. The first-order valence-corrected chi connectivity index (χ1v) is 13.2. The molecule has 2 N–H and O–H groups in total. The van der Waals surface area contributed by atoms with E-state index in [9.17, 15) is 9.90 Å². The molecule has 180 valence electrons. The zero-order valence-electron chi connectivity index (χ0n) is 20.5. The Morgan fingerprint density at radius 1 is 1.03 bits per heavy atom. The van der Waals surface area contributed by atoms with Crippen molar-refractivity contribution >= 4 is 57.3 Å². The van der Waals surface area contributed by atoms with Crippen LogP contribution in [0.3, 0.4) is 0 Å². The molecule has 0 saturated carbocycles. The largest absolute Gasteiger partial charge is 0.507 e. The number of nitrogens with zero attached hydrogens (tertiary/aromatic N) is 1. The van der Waals surface area contributed by atoms with Crippen LogP contribution in [-0.4, -0.2) is 23.8 Å². The smallest absolute Gasteiger partial charge is 0.240 e. The van der Waals surface area contributed by atoms with Gasteiger partial charge in [0.25, 0.3) is 0 Å². The maximum Gasteiger partial charge on any atom is 0.240 e. The van der Waals surface area contributed by atoms with Crippen molar-refractivity contribution in [2.45, 2.75) is 72.1 Å². The number of aryl methyl sites for hydroxylation is 1. The highest BCUT2D eigenvalue weighted by Crippen LogP contribution is 2.40. The number of halogens is 2. The van der Waals surface area contributed by atoms with Crippen molar-refractivity contribution in [3.05, 3.63) is 53.7 Å². The SMILES string of the molecule is CCOc1c(I)cc(/C=N\NC(=O)CCc2cc(C(C)(C)C)c(O)c(C(C)(C)C)c2)cc1I. The molecule has 2 rings (SSSR count). The maximum atomic E-state index is 12.4. The Bertz CT molecular complexity index is 977. The number of aromatic hydroxyl groups is 1. The lowest BCUT2D eigenvalue weighted by Gasteiger charge is -2.28. The molecule has 0 bridgehead atoms. The van der Waals surface area contributed by atoms with Gasteiger partial charge in [0.15, 0.2) is 0 Å². The second kappa shape index (κ2) is 11.4. The lowest BCUT2D eigenvalue weighted by molar-refractivity contribution is -0.121. The van der Waals surface area contributed by atoms with Gasteiger partial charge in [0.2, 0.25) is 5.91 Å². The topological polar surface area (TPSA) is 70.9 Å². The van der Waals surface area contributed by atoms with E-state index in [0.717, 1.165) is 35.1 Å². The quantitative estimate of drug-likeness (QED) is 0.196. The lowest BCUT2D eigenvalue weighted by atomic mass is 9.78. The number of nitrogens with one attached hydrogen (secondary N) is 1. The normalized spacial score (nSPS) is 12.3. The summed E-state index contributed by atoms with van der Waals surface area (Å²) in [5, 5.41) is 15.0. The van der Waals surface area contributed by atoms with E-state index in [1.807, 2.05) is 31.2 Å². The van der Waals surface area contributed by atoms with Gasteiger partial charge in [-0.05, 0) is 104 Å². The van der Waals surface area contributed by atoms with E-state index < -0.39 is 0 Å². The molecule has 0 aliphatic heterocycles. The van der Waals surface area contributed by atoms with Gasteiger partial charge in [-0.15, -0.1) is 0 Å². The summed E-state index contributed by atoms with van der Waals surface area (Å²) in [5.74, 6) is 1.08. The van der Waals surface area contributed by atoms with Crippen molar-refractivity contribution in [3.8, 4) is 11.5 Å². The number of carbonyl (C=O) groups excluding carboxylic acids is 1. The van der Waals surface area contributed by atoms with Crippen molar-refractivity contribution < 1.29 is 14.6 Å². The number of rotatable bonds is 7. The molecule has 0 fully saturated rings. The molecule has 0 radical (unpaired) electrons. The Kier molecular flexibility index (Phi) is 9.61. The fourth-order valence-corrected chi connectivity index (χ4v) is 5.54. The highest BCUT2D eigenvalue weighted by Gasteiger charge is 2.26. The lowest BCUT2D eigenvalue weighted by Crippen LogP contribution is -2.20. The van der Waals surface area contributed by atoms with Gasteiger partial charge in [0.05, 0.1) is 20.0 Å². The number of phenolic OH excluding ortho intramolecular Hbond substituents is 1. The average molecular weight is 676 g/mol. The third-order valence-electron chi connectivity index (χ3n) is 5.14. The van der Waals surface area contributed by atoms with Crippen molar-refractivity contribution in [1.82, 2.24) is 5.43 Å². The fraction of sp³-hybridized carbons (Fsp3) is 0.462. The van der Waals surface area contributed by atoms with Crippen LogP contribution in [0.1, 0.15) is 77.1 Å². The van der Waals surface area contributed by atoms with E-state index in [2.05, 4.69) is 97.3 Å². The summed E-state index contributed by atoms with van der Waals surface area (Å²) < 4.78 is 7.67. The number of ether oxygens (including phenoxy) is 1. The van der Waals surface area contributed by atoms with Gasteiger partial charge in [-0.2, -0.15) is 5.10 Å². The number of hydrogen-bond acceptors (Lipinski definition) is 4. The number of amides is 1. The molecule has 7 heteroatoms. The first-order valence-electron chi connectivity index (χ1n) is 11.0. The van der Waals surface area contributed by atoms with Crippen LogP contribution in [0, 0.1) is 7.14 Å². The van der Waals surface area contributed by atoms with Crippen LogP contribution < -0.4 is 10.2 Å². The van der Waals surface area contributed by atoms with Gasteiger partial charge < -0.3 is 9.84 Å². The molecule has 0 atom stereocenters. The summed E-state index contributed by atoms with van der Waals surface area (Å²) in [7, 11) is 0. The zero-order valence-corrected chi connectivity index (χ0v) is 24.8. The van der Waals surface area contributed by atoms with Crippen molar-refractivity contribution in [3.63, 3.8) is 0 Å². The van der Waals surface area contributed by atoms with Crippen molar-refractivity contribution in [1.29, 1.82) is 0 Å². The number of phenols is 1. The minimum absolute atomic E-state index is 0.149. The van der Waals surface area contributed by atoms with E-state index in [1.54, 1.807) is 6.21 Å². The number of hydrazone groups is 1. The molecular weight excluding hydrogens is 642 g/mol. The van der Waals surface area contributed by atoms with E-state index in [0.29, 0.717) is 25.2 Å². The minimum Gasteiger partial charge on any atom is -0.507 e. The molecule has 1 amide bonds. The fourth-order valence-electron chi connectivity index (χ4n) is 3.41. The Morgan fingerprint density at radius 2 is 1.55 bits per heavy atom.